The number of aliphatic hydroxyl groups is 2. The highest BCUT2D eigenvalue weighted by Crippen LogP contribution is 2.31. The minimum atomic E-state index is 0.01000. The molecule has 0 aliphatic heterocycles. The zero-order valence-corrected chi connectivity index (χ0v) is 31.7. The first kappa shape index (κ1) is 43.5. The lowest BCUT2D eigenvalue weighted by Gasteiger charge is -2.25. The van der Waals surface area contributed by atoms with Crippen molar-refractivity contribution in [1.82, 2.24) is 0 Å². The standard InChI is InChI=1S/C36H57N4O11S/c1-30-28-31(4-6-33(30)37-38-36-39(2)34-29-32(43-3)5-7-35(34)52-36)40(8-12-44-16-20-48-24-26-50-22-18-46-14-10-41)9-13-45-17-21-49-25-27-51-23-19-47-15-11-42/h4-7,28-29,41-42H,8-27H2,1-3H3/q+1. The van der Waals surface area contributed by atoms with Crippen molar-refractivity contribution in [2.75, 3.05) is 144 Å². The predicted molar refractivity (Wildman–Crippen MR) is 198 cm³/mol. The molecule has 0 bridgehead atoms. The molecular formula is C36H57N4O11S+. The van der Waals surface area contributed by atoms with Crippen molar-refractivity contribution in [2.45, 2.75) is 6.92 Å². The molecule has 2 N–H and O–H groups in total. The predicted octanol–water partition coefficient (Wildman–Crippen LogP) is 3.38. The topological polar surface area (TPSA) is 155 Å². The van der Waals surface area contributed by atoms with E-state index in [4.69, 9.17) is 52.8 Å². The molecule has 16 heteroatoms. The van der Waals surface area contributed by atoms with Crippen LogP contribution in [0.15, 0.2) is 46.6 Å². The molecule has 1 heterocycles. The molecule has 0 amide bonds. The SMILES string of the molecule is COc1ccc2sc(/N=N/c3ccc(N(CCOCCOCCOCCOCCO)CCOCCOCCOCCOCCO)cc3C)[n+](C)c2c1. The second-order valence-electron chi connectivity index (χ2n) is 11.3. The minimum Gasteiger partial charge on any atom is -0.497 e. The van der Waals surface area contributed by atoms with Gasteiger partial charge in [-0.25, -0.2) is 4.57 Å². The Morgan fingerprint density at radius 1 is 0.615 bits per heavy atom. The van der Waals surface area contributed by atoms with E-state index < -0.39 is 0 Å². The summed E-state index contributed by atoms with van der Waals surface area (Å²) < 4.78 is 52.7. The molecule has 0 spiro atoms. The van der Waals surface area contributed by atoms with Gasteiger partial charge in [-0.2, -0.15) is 0 Å². The number of methoxy groups -OCH3 is 1. The molecule has 2 aromatic carbocycles. The Morgan fingerprint density at radius 3 is 1.56 bits per heavy atom. The summed E-state index contributed by atoms with van der Waals surface area (Å²) in [6, 6.07) is 12.1. The van der Waals surface area contributed by atoms with Gasteiger partial charge in [0.15, 0.2) is 0 Å². The maximum Gasteiger partial charge on any atom is 0.409 e. The Hall–Kier alpha value is -2.87. The zero-order chi connectivity index (χ0) is 37.1. The van der Waals surface area contributed by atoms with Crippen molar-refractivity contribution < 1.29 is 57.4 Å². The van der Waals surface area contributed by atoms with E-state index in [2.05, 4.69) is 21.2 Å². The quantitative estimate of drug-likeness (QED) is 0.0546. The van der Waals surface area contributed by atoms with Gasteiger partial charge in [-0.05, 0) is 59.3 Å². The van der Waals surface area contributed by atoms with Crippen molar-refractivity contribution in [2.24, 2.45) is 17.3 Å². The zero-order valence-electron chi connectivity index (χ0n) is 30.9. The average Bonchev–Trinajstić information content (AvgIpc) is 3.47. The van der Waals surface area contributed by atoms with Gasteiger partial charge in [-0.3, -0.25) is 0 Å². The van der Waals surface area contributed by atoms with Crippen LogP contribution in [0.5, 0.6) is 5.75 Å². The van der Waals surface area contributed by atoms with Gasteiger partial charge in [-0.15, -0.1) is 0 Å². The highest BCUT2D eigenvalue weighted by atomic mass is 32.1. The molecule has 0 atom stereocenters. The van der Waals surface area contributed by atoms with Gasteiger partial charge < -0.3 is 57.7 Å². The second-order valence-corrected chi connectivity index (χ2v) is 12.3. The molecule has 0 aliphatic carbocycles. The normalized spacial score (nSPS) is 11.7. The number of hydrogen-bond donors (Lipinski definition) is 2. The van der Waals surface area contributed by atoms with Crippen molar-refractivity contribution in [3.05, 3.63) is 42.0 Å². The first-order valence-electron chi connectivity index (χ1n) is 17.6. The summed E-state index contributed by atoms with van der Waals surface area (Å²) in [6.45, 7) is 10.7. The van der Waals surface area contributed by atoms with Crippen molar-refractivity contribution in [1.29, 1.82) is 0 Å². The van der Waals surface area contributed by atoms with E-state index in [1.165, 1.54) is 0 Å². The van der Waals surface area contributed by atoms with Gasteiger partial charge in [0.25, 0.3) is 0 Å². The fourth-order valence-electron chi connectivity index (χ4n) is 4.75. The van der Waals surface area contributed by atoms with Crippen LogP contribution in [0.25, 0.3) is 10.2 Å². The van der Waals surface area contributed by atoms with Crippen LogP contribution in [0.1, 0.15) is 5.56 Å². The monoisotopic (exact) mass is 753 g/mol. The van der Waals surface area contributed by atoms with Crippen molar-refractivity contribution in [3.63, 3.8) is 0 Å². The van der Waals surface area contributed by atoms with Gasteiger partial charge in [0.2, 0.25) is 0 Å². The van der Waals surface area contributed by atoms with Crippen LogP contribution in [0.3, 0.4) is 0 Å². The van der Waals surface area contributed by atoms with Crippen LogP contribution in [-0.2, 0) is 44.9 Å². The fraction of sp³-hybridized carbons (Fsp3) is 0.639. The molecule has 0 unspecified atom stereocenters. The van der Waals surface area contributed by atoms with Gasteiger partial charge >= 0.3 is 5.13 Å². The van der Waals surface area contributed by atoms with Crippen LogP contribution in [0, 0.1) is 6.92 Å². The molecule has 292 valence electrons. The summed E-state index contributed by atoms with van der Waals surface area (Å²) >= 11 is 1.58. The van der Waals surface area contributed by atoms with Crippen molar-refractivity contribution >= 4 is 38.1 Å². The molecule has 52 heavy (non-hydrogen) atoms. The number of anilines is 1. The van der Waals surface area contributed by atoms with E-state index in [1.54, 1.807) is 18.4 Å². The third-order valence-electron chi connectivity index (χ3n) is 7.52. The molecule has 0 saturated carbocycles. The van der Waals surface area contributed by atoms with E-state index in [9.17, 15) is 0 Å². The Morgan fingerprint density at radius 2 is 1.10 bits per heavy atom. The van der Waals surface area contributed by atoms with Crippen LogP contribution < -0.4 is 14.2 Å². The molecule has 0 saturated heterocycles. The summed E-state index contributed by atoms with van der Waals surface area (Å²) in [5.41, 5.74) is 3.88. The Balaban J connectivity index is 1.46. The van der Waals surface area contributed by atoms with Crippen molar-refractivity contribution in [3.8, 4) is 5.75 Å². The largest absolute Gasteiger partial charge is 0.497 e. The highest BCUT2D eigenvalue weighted by Gasteiger charge is 2.17. The van der Waals surface area contributed by atoms with E-state index in [1.807, 2.05) is 48.9 Å². The second kappa shape index (κ2) is 27.7. The Labute approximate surface area is 310 Å². The number of ether oxygens (including phenoxy) is 9. The maximum absolute atomic E-state index is 8.71. The first-order chi connectivity index (χ1) is 25.6. The number of benzene rings is 2. The van der Waals surface area contributed by atoms with Crippen LogP contribution in [-0.4, -0.2) is 149 Å². The van der Waals surface area contributed by atoms with Gasteiger partial charge in [-0.1, -0.05) is 0 Å². The van der Waals surface area contributed by atoms with Crippen LogP contribution >= 0.6 is 11.3 Å². The Kier molecular flexibility index (Phi) is 23.2. The molecule has 0 radical (unpaired) electrons. The third kappa shape index (κ3) is 17.3. The molecule has 3 aromatic rings. The lowest BCUT2D eigenvalue weighted by atomic mass is 10.1. The summed E-state index contributed by atoms with van der Waals surface area (Å²) in [4.78, 5) is 2.23. The number of azo groups is 1. The van der Waals surface area contributed by atoms with Crippen LogP contribution in [0.2, 0.25) is 0 Å². The number of thiazole rings is 1. The van der Waals surface area contributed by atoms with E-state index >= 15 is 0 Å². The number of aliphatic hydroxyl groups excluding tert-OH is 2. The molecule has 15 nitrogen and oxygen atoms in total. The number of aromatic nitrogens is 1. The summed E-state index contributed by atoms with van der Waals surface area (Å²) in [7, 11) is 3.64. The number of rotatable bonds is 32. The fourth-order valence-corrected chi connectivity index (χ4v) is 5.70. The summed E-state index contributed by atoms with van der Waals surface area (Å²) in [5, 5.41) is 27.4. The lowest BCUT2D eigenvalue weighted by Crippen LogP contribution is -2.31. The number of hydrogen-bond acceptors (Lipinski definition) is 15. The van der Waals surface area contributed by atoms with Crippen LogP contribution in [0.4, 0.5) is 16.5 Å². The first-order valence-corrected chi connectivity index (χ1v) is 18.5. The molecule has 3 rings (SSSR count). The summed E-state index contributed by atoms with van der Waals surface area (Å²) in [5.74, 6) is 0.802. The molecule has 0 fully saturated rings. The summed E-state index contributed by atoms with van der Waals surface area (Å²) in [6.07, 6.45) is 0. The average molecular weight is 754 g/mol. The number of aryl methyl sites for hydroxylation is 2. The third-order valence-corrected chi connectivity index (χ3v) is 8.62. The van der Waals surface area contributed by atoms with Gasteiger partial charge in [0.1, 0.15) is 17.0 Å². The molecule has 0 aliphatic rings. The molecule has 1 aromatic heterocycles. The van der Waals surface area contributed by atoms with Gasteiger partial charge in [0.05, 0.1) is 143 Å². The Bertz CT molecular complexity index is 1370. The maximum atomic E-state index is 8.71. The highest BCUT2D eigenvalue weighted by molar-refractivity contribution is 7.21. The van der Waals surface area contributed by atoms with E-state index in [-0.39, 0.29) is 13.2 Å². The van der Waals surface area contributed by atoms with E-state index in [0.29, 0.717) is 119 Å². The van der Waals surface area contributed by atoms with E-state index in [0.717, 1.165) is 38.0 Å². The smallest absolute Gasteiger partial charge is 0.409 e. The number of nitrogens with zero attached hydrogens (tertiary/aromatic N) is 4. The minimum absolute atomic E-state index is 0.01000. The van der Waals surface area contributed by atoms with Gasteiger partial charge in [0, 0.05) is 24.8 Å². The lowest BCUT2D eigenvalue weighted by molar-refractivity contribution is -0.627. The number of fused-ring (bicyclic) bond motifs is 1. The molecular weight excluding hydrogens is 696 g/mol.